The van der Waals surface area contributed by atoms with Crippen LogP contribution in [0.3, 0.4) is 0 Å². The molecule has 0 saturated heterocycles. The summed E-state index contributed by atoms with van der Waals surface area (Å²) in [4.78, 5) is 2.78. The topological polar surface area (TPSA) is 29.3 Å². The maximum Gasteiger partial charge on any atom is 0.00992 e. The standard InChI is InChI=1S/C16H34N2/c1-5-13(4)12-15(6-2)18(7-3)16-10-8-14(17)9-11-16/h13-16H,5-12,17H2,1-4H3. The van der Waals surface area contributed by atoms with Gasteiger partial charge in [0.25, 0.3) is 0 Å². The summed E-state index contributed by atoms with van der Waals surface area (Å²) >= 11 is 0. The van der Waals surface area contributed by atoms with Crippen LogP contribution in [0, 0.1) is 5.92 Å². The van der Waals surface area contributed by atoms with Crippen molar-refractivity contribution >= 4 is 0 Å². The highest BCUT2D eigenvalue weighted by molar-refractivity contribution is 4.84. The van der Waals surface area contributed by atoms with Gasteiger partial charge in [-0.1, -0.05) is 34.1 Å². The molecule has 0 bridgehead atoms. The lowest BCUT2D eigenvalue weighted by Crippen LogP contribution is -2.46. The second-order valence-corrected chi connectivity index (χ2v) is 6.21. The summed E-state index contributed by atoms with van der Waals surface area (Å²) < 4.78 is 0. The van der Waals surface area contributed by atoms with E-state index in [0.717, 1.165) is 18.0 Å². The summed E-state index contributed by atoms with van der Waals surface area (Å²) in [5, 5.41) is 0. The van der Waals surface area contributed by atoms with Crippen LogP contribution >= 0.6 is 0 Å². The predicted molar refractivity (Wildman–Crippen MR) is 80.8 cm³/mol. The van der Waals surface area contributed by atoms with Crippen molar-refractivity contribution in [3.63, 3.8) is 0 Å². The lowest BCUT2D eigenvalue weighted by molar-refractivity contribution is 0.0889. The van der Waals surface area contributed by atoms with Gasteiger partial charge in [0.15, 0.2) is 0 Å². The number of nitrogens with two attached hydrogens (primary N) is 1. The van der Waals surface area contributed by atoms with Gasteiger partial charge in [0.05, 0.1) is 0 Å². The van der Waals surface area contributed by atoms with Crippen molar-refractivity contribution in [2.24, 2.45) is 11.7 Å². The molecule has 0 aromatic rings. The van der Waals surface area contributed by atoms with Crippen LogP contribution in [0.2, 0.25) is 0 Å². The molecule has 2 nitrogen and oxygen atoms in total. The monoisotopic (exact) mass is 254 g/mol. The average molecular weight is 254 g/mol. The van der Waals surface area contributed by atoms with Crippen LogP contribution in [0.1, 0.15) is 72.6 Å². The van der Waals surface area contributed by atoms with E-state index in [9.17, 15) is 0 Å². The molecule has 1 fully saturated rings. The first-order chi connectivity index (χ1) is 8.62. The Labute approximate surface area is 114 Å². The molecule has 1 rings (SSSR count). The molecule has 108 valence electrons. The number of hydrogen-bond donors (Lipinski definition) is 1. The summed E-state index contributed by atoms with van der Waals surface area (Å²) in [6.07, 6.45) is 9.04. The van der Waals surface area contributed by atoms with Crippen LogP contribution in [0.5, 0.6) is 0 Å². The van der Waals surface area contributed by atoms with Crippen LogP contribution in [-0.2, 0) is 0 Å². The van der Waals surface area contributed by atoms with Crippen LogP contribution in [0.25, 0.3) is 0 Å². The normalized spacial score (nSPS) is 28.3. The van der Waals surface area contributed by atoms with Gasteiger partial charge in [-0.05, 0) is 51.0 Å². The fraction of sp³-hybridized carbons (Fsp3) is 1.00. The zero-order valence-corrected chi connectivity index (χ0v) is 13.0. The van der Waals surface area contributed by atoms with Crippen LogP contribution in [0.15, 0.2) is 0 Å². The van der Waals surface area contributed by atoms with E-state index in [4.69, 9.17) is 5.73 Å². The van der Waals surface area contributed by atoms with Gasteiger partial charge in [-0.2, -0.15) is 0 Å². The third-order valence-corrected chi connectivity index (χ3v) is 4.89. The average Bonchev–Trinajstić information content (AvgIpc) is 2.40. The van der Waals surface area contributed by atoms with Crippen molar-refractivity contribution in [3.8, 4) is 0 Å². The maximum atomic E-state index is 6.03. The van der Waals surface area contributed by atoms with Gasteiger partial charge in [0.2, 0.25) is 0 Å². The molecule has 2 unspecified atom stereocenters. The molecule has 2 heteroatoms. The molecule has 0 spiro atoms. The van der Waals surface area contributed by atoms with E-state index in [0.29, 0.717) is 6.04 Å². The first-order valence-corrected chi connectivity index (χ1v) is 8.13. The molecular weight excluding hydrogens is 220 g/mol. The summed E-state index contributed by atoms with van der Waals surface area (Å²) in [5.41, 5.74) is 6.03. The molecular formula is C16H34N2. The Morgan fingerprint density at radius 2 is 1.67 bits per heavy atom. The maximum absolute atomic E-state index is 6.03. The Morgan fingerprint density at radius 1 is 1.06 bits per heavy atom. The Hall–Kier alpha value is -0.0800. The molecule has 0 aromatic carbocycles. The van der Waals surface area contributed by atoms with Gasteiger partial charge in [-0.15, -0.1) is 0 Å². The summed E-state index contributed by atoms with van der Waals surface area (Å²) in [7, 11) is 0. The fourth-order valence-electron chi connectivity index (χ4n) is 3.42. The third-order valence-electron chi connectivity index (χ3n) is 4.89. The number of rotatable bonds is 7. The molecule has 0 radical (unpaired) electrons. The van der Waals surface area contributed by atoms with E-state index in [1.54, 1.807) is 0 Å². The highest BCUT2D eigenvalue weighted by atomic mass is 15.2. The van der Waals surface area contributed by atoms with Crippen LogP contribution in [0.4, 0.5) is 0 Å². The lowest BCUT2D eigenvalue weighted by Gasteiger charge is -2.41. The minimum Gasteiger partial charge on any atom is -0.328 e. The molecule has 1 aliphatic carbocycles. The van der Waals surface area contributed by atoms with E-state index in [2.05, 4.69) is 32.6 Å². The van der Waals surface area contributed by atoms with Crippen molar-refractivity contribution in [2.75, 3.05) is 6.54 Å². The van der Waals surface area contributed by atoms with Crippen molar-refractivity contribution in [3.05, 3.63) is 0 Å². The van der Waals surface area contributed by atoms with Gasteiger partial charge in [-0.25, -0.2) is 0 Å². The Morgan fingerprint density at radius 3 is 2.11 bits per heavy atom. The van der Waals surface area contributed by atoms with Crippen molar-refractivity contribution in [2.45, 2.75) is 90.8 Å². The van der Waals surface area contributed by atoms with E-state index >= 15 is 0 Å². The molecule has 0 amide bonds. The number of nitrogens with zero attached hydrogens (tertiary/aromatic N) is 1. The van der Waals surface area contributed by atoms with E-state index in [1.807, 2.05) is 0 Å². The van der Waals surface area contributed by atoms with Gasteiger partial charge < -0.3 is 5.73 Å². The highest BCUT2D eigenvalue weighted by Crippen LogP contribution is 2.27. The second kappa shape index (κ2) is 8.16. The van der Waals surface area contributed by atoms with E-state index in [-0.39, 0.29) is 0 Å². The first-order valence-electron chi connectivity index (χ1n) is 8.13. The van der Waals surface area contributed by atoms with E-state index < -0.39 is 0 Å². The highest BCUT2D eigenvalue weighted by Gasteiger charge is 2.28. The smallest absolute Gasteiger partial charge is 0.00992 e. The fourth-order valence-corrected chi connectivity index (χ4v) is 3.42. The first kappa shape index (κ1) is 16.0. The van der Waals surface area contributed by atoms with Gasteiger partial charge in [0, 0.05) is 18.1 Å². The lowest BCUT2D eigenvalue weighted by atomic mass is 9.88. The van der Waals surface area contributed by atoms with Crippen molar-refractivity contribution in [1.82, 2.24) is 4.90 Å². The quantitative estimate of drug-likeness (QED) is 0.749. The Balaban J connectivity index is 2.56. The molecule has 2 N–H and O–H groups in total. The molecule has 18 heavy (non-hydrogen) atoms. The van der Waals surface area contributed by atoms with Crippen LogP contribution in [-0.4, -0.2) is 29.6 Å². The Bertz CT molecular complexity index is 209. The molecule has 0 heterocycles. The Kier molecular flexibility index (Phi) is 7.25. The summed E-state index contributed by atoms with van der Waals surface area (Å²) in [6.45, 7) is 10.6. The minimum atomic E-state index is 0.467. The third kappa shape index (κ3) is 4.55. The number of hydrogen-bond acceptors (Lipinski definition) is 2. The molecule has 0 aromatic heterocycles. The summed E-state index contributed by atoms with van der Waals surface area (Å²) in [5.74, 6) is 0.856. The minimum absolute atomic E-state index is 0.467. The van der Waals surface area contributed by atoms with Gasteiger partial charge >= 0.3 is 0 Å². The molecule has 1 saturated carbocycles. The van der Waals surface area contributed by atoms with Crippen LogP contribution < -0.4 is 5.73 Å². The zero-order chi connectivity index (χ0) is 13.5. The zero-order valence-electron chi connectivity index (χ0n) is 13.0. The summed E-state index contributed by atoms with van der Waals surface area (Å²) in [6, 6.07) is 2.04. The second-order valence-electron chi connectivity index (χ2n) is 6.21. The molecule has 0 aliphatic heterocycles. The van der Waals surface area contributed by atoms with E-state index in [1.165, 1.54) is 51.5 Å². The van der Waals surface area contributed by atoms with Gasteiger partial charge in [-0.3, -0.25) is 4.90 Å². The SMILES string of the molecule is CCC(C)CC(CC)N(CC)C1CCC(N)CC1. The predicted octanol–water partition coefficient (Wildman–Crippen LogP) is 3.79. The van der Waals surface area contributed by atoms with Crippen molar-refractivity contribution < 1.29 is 0 Å². The van der Waals surface area contributed by atoms with Gasteiger partial charge in [0.1, 0.15) is 0 Å². The molecule has 2 atom stereocenters. The largest absolute Gasteiger partial charge is 0.328 e. The van der Waals surface area contributed by atoms with Crippen molar-refractivity contribution in [1.29, 1.82) is 0 Å². The molecule has 1 aliphatic rings.